The highest BCUT2D eigenvalue weighted by molar-refractivity contribution is 7.89. The Labute approximate surface area is 158 Å². The van der Waals surface area contributed by atoms with Crippen LogP contribution in [0.3, 0.4) is 0 Å². The number of ether oxygens (including phenoxy) is 1. The molecule has 0 aliphatic carbocycles. The van der Waals surface area contributed by atoms with Gasteiger partial charge in [0.15, 0.2) is 0 Å². The Kier molecular flexibility index (Phi) is 6.63. The number of nitrogens with one attached hydrogen (secondary N) is 1. The summed E-state index contributed by atoms with van der Waals surface area (Å²) < 4.78 is 31.6. The number of benzene rings is 2. The predicted molar refractivity (Wildman–Crippen MR) is 101 cm³/mol. The molecule has 0 fully saturated rings. The molecule has 0 saturated carbocycles. The van der Waals surface area contributed by atoms with Crippen LogP contribution in [0.5, 0.6) is 5.75 Å². The van der Waals surface area contributed by atoms with E-state index in [1.54, 1.807) is 39.3 Å². The molecular weight excluding hydrogens is 376 g/mol. The fourth-order valence-corrected chi connectivity index (χ4v) is 3.70. The maximum atomic E-state index is 12.6. The number of halogens is 1. The van der Waals surface area contributed by atoms with E-state index < -0.39 is 10.0 Å². The summed E-state index contributed by atoms with van der Waals surface area (Å²) in [6.07, 6.45) is 0. The largest absolute Gasteiger partial charge is 0.496 e. The Balaban J connectivity index is 2.17. The summed E-state index contributed by atoms with van der Waals surface area (Å²) in [4.78, 5) is 14.2. The van der Waals surface area contributed by atoms with Gasteiger partial charge in [-0.15, -0.1) is 0 Å². The molecule has 6 nitrogen and oxygen atoms in total. The Hall–Kier alpha value is -2.09. The van der Waals surface area contributed by atoms with Gasteiger partial charge in [0.2, 0.25) is 10.0 Å². The van der Waals surface area contributed by atoms with Crippen LogP contribution in [0, 0.1) is 0 Å². The van der Waals surface area contributed by atoms with Crippen LogP contribution in [0.25, 0.3) is 0 Å². The number of hydrogen-bond donors (Lipinski definition) is 1. The summed E-state index contributed by atoms with van der Waals surface area (Å²) in [5, 5.41) is 0.555. The molecule has 2 rings (SSSR count). The minimum Gasteiger partial charge on any atom is -0.496 e. The van der Waals surface area contributed by atoms with Crippen LogP contribution in [0.4, 0.5) is 0 Å². The molecule has 0 aliphatic rings. The van der Waals surface area contributed by atoms with Gasteiger partial charge in [-0.3, -0.25) is 4.79 Å². The fraction of sp³-hybridized carbons (Fsp3) is 0.278. The summed E-state index contributed by atoms with van der Waals surface area (Å²) >= 11 is 6.02. The van der Waals surface area contributed by atoms with E-state index >= 15 is 0 Å². The zero-order valence-electron chi connectivity index (χ0n) is 14.8. The third kappa shape index (κ3) is 4.75. The molecule has 140 valence electrons. The molecule has 0 aromatic heterocycles. The second kappa shape index (κ2) is 8.53. The maximum Gasteiger partial charge on any atom is 0.253 e. The molecule has 0 heterocycles. The van der Waals surface area contributed by atoms with Crippen LogP contribution >= 0.6 is 11.6 Å². The van der Waals surface area contributed by atoms with E-state index in [0.717, 1.165) is 5.56 Å². The lowest BCUT2D eigenvalue weighted by molar-refractivity contribution is 0.0784. The highest BCUT2D eigenvalue weighted by Crippen LogP contribution is 2.24. The molecule has 0 radical (unpaired) electrons. The number of amides is 1. The van der Waals surface area contributed by atoms with Gasteiger partial charge in [0.25, 0.3) is 5.91 Å². The van der Waals surface area contributed by atoms with Gasteiger partial charge >= 0.3 is 0 Å². The molecule has 0 spiro atoms. The summed E-state index contributed by atoms with van der Waals surface area (Å²) in [5.41, 5.74) is 1.17. The van der Waals surface area contributed by atoms with Crippen LogP contribution in [-0.4, -0.2) is 39.9 Å². The lowest BCUT2D eigenvalue weighted by Gasteiger charge is -2.19. The number of carbonyl (C=O) groups is 1. The summed E-state index contributed by atoms with van der Waals surface area (Å²) in [7, 11) is -0.329. The molecule has 2 aromatic rings. The van der Waals surface area contributed by atoms with E-state index in [9.17, 15) is 13.2 Å². The molecule has 0 aliphatic heterocycles. The van der Waals surface area contributed by atoms with Gasteiger partial charge in [0.05, 0.1) is 12.0 Å². The van der Waals surface area contributed by atoms with Gasteiger partial charge in [-0.1, -0.05) is 18.5 Å². The molecule has 1 N–H and O–H groups in total. The zero-order chi connectivity index (χ0) is 19.3. The summed E-state index contributed by atoms with van der Waals surface area (Å²) in [6, 6.07) is 11.0. The smallest absolute Gasteiger partial charge is 0.253 e. The first-order valence-electron chi connectivity index (χ1n) is 7.96. The average molecular weight is 397 g/mol. The van der Waals surface area contributed by atoms with Gasteiger partial charge in [0, 0.05) is 36.3 Å². The van der Waals surface area contributed by atoms with Gasteiger partial charge in [-0.05, 0) is 42.5 Å². The van der Waals surface area contributed by atoms with E-state index in [4.69, 9.17) is 16.3 Å². The Bertz CT molecular complexity index is 883. The van der Waals surface area contributed by atoms with Crippen LogP contribution in [0.1, 0.15) is 22.8 Å². The number of hydrogen-bond acceptors (Lipinski definition) is 4. The fourth-order valence-electron chi connectivity index (χ4n) is 2.47. The number of sulfonamides is 1. The Morgan fingerprint density at radius 3 is 2.42 bits per heavy atom. The van der Waals surface area contributed by atoms with Crippen molar-refractivity contribution in [2.75, 3.05) is 20.7 Å². The van der Waals surface area contributed by atoms with Crippen molar-refractivity contribution in [2.45, 2.75) is 18.4 Å². The first-order chi connectivity index (χ1) is 12.3. The maximum absolute atomic E-state index is 12.6. The minimum absolute atomic E-state index is 0.120. The first-order valence-corrected chi connectivity index (χ1v) is 9.82. The molecule has 0 unspecified atom stereocenters. The monoisotopic (exact) mass is 396 g/mol. The number of nitrogens with zero attached hydrogens (tertiary/aromatic N) is 1. The van der Waals surface area contributed by atoms with Gasteiger partial charge in [-0.2, -0.15) is 0 Å². The van der Waals surface area contributed by atoms with Gasteiger partial charge in [0.1, 0.15) is 5.75 Å². The van der Waals surface area contributed by atoms with Crippen molar-refractivity contribution in [3.63, 3.8) is 0 Å². The highest BCUT2D eigenvalue weighted by Gasteiger charge is 2.17. The highest BCUT2D eigenvalue weighted by atomic mass is 35.5. The lowest BCUT2D eigenvalue weighted by atomic mass is 10.1. The predicted octanol–water partition coefficient (Wildman–Crippen LogP) is 2.92. The molecule has 0 bridgehead atoms. The molecule has 2 aromatic carbocycles. The van der Waals surface area contributed by atoms with E-state index in [2.05, 4.69) is 4.72 Å². The van der Waals surface area contributed by atoms with Crippen LogP contribution < -0.4 is 9.46 Å². The number of methoxy groups -OCH3 is 1. The molecule has 0 saturated heterocycles. The topological polar surface area (TPSA) is 75.7 Å². The van der Waals surface area contributed by atoms with Crippen molar-refractivity contribution >= 4 is 27.5 Å². The van der Waals surface area contributed by atoms with E-state index in [1.807, 2.05) is 0 Å². The third-order valence-corrected chi connectivity index (χ3v) is 5.54. The number of carbonyl (C=O) groups excluding carboxylic acids is 1. The van der Waals surface area contributed by atoms with Crippen molar-refractivity contribution in [2.24, 2.45) is 0 Å². The molecule has 8 heteroatoms. The van der Waals surface area contributed by atoms with Crippen LogP contribution in [-0.2, 0) is 16.6 Å². The first kappa shape index (κ1) is 20.2. The average Bonchev–Trinajstić information content (AvgIpc) is 2.61. The van der Waals surface area contributed by atoms with Gasteiger partial charge in [-0.25, -0.2) is 13.1 Å². The second-order valence-corrected chi connectivity index (χ2v) is 7.85. The lowest BCUT2D eigenvalue weighted by Crippen LogP contribution is -2.27. The Morgan fingerprint density at radius 2 is 1.85 bits per heavy atom. The SMILES string of the molecule is CCNS(=O)(=O)c1ccc(C(=O)N(C)Cc2cc(Cl)ccc2OC)cc1. The normalized spacial score (nSPS) is 11.2. The third-order valence-electron chi connectivity index (χ3n) is 3.74. The van der Waals surface area contributed by atoms with Crippen molar-refractivity contribution in [1.29, 1.82) is 0 Å². The molecule has 0 atom stereocenters. The molecule has 1 amide bonds. The van der Waals surface area contributed by atoms with Crippen LogP contribution in [0.15, 0.2) is 47.4 Å². The summed E-state index contributed by atoms with van der Waals surface area (Å²) in [6.45, 7) is 2.31. The number of rotatable bonds is 7. The van der Waals surface area contributed by atoms with E-state index in [1.165, 1.54) is 29.2 Å². The quantitative estimate of drug-likeness (QED) is 0.780. The molecule has 26 heavy (non-hydrogen) atoms. The van der Waals surface area contributed by atoms with Crippen molar-refractivity contribution < 1.29 is 17.9 Å². The second-order valence-electron chi connectivity index (χ2n) is 5.64. The summed E-state index contributed by atoms with van der Waals surface area (Å²) in [5.74, 6) is 0.403. The van der Waals surface area contributed by atoms with E-state index in [0.29, 0.717) is 29.4 Å². The minimum atomic E-state index is -3.54. The van der Waals surface area contributed by atoms with Crippen molar-refractivity contribution in [1.82, 2.24) is 9.62 Å². The van der Waals surface area contributed by atoms with E-state index in [-0.39, 0.29) is 10.8 Å². The standard InChI is InChI=1S/C18H21ClN2O4S/c1-4-20-26(23,24)16-8-5-13(6-9-16)18(22)21(2)12-14-11-15(19)7-10-17(14)25-3/h5-11,20H,4,12H2,1-3H3. The van der Waals surface area contributed by atoms with Crippen LogP contribution in [0.2, 0.25) is 5.02 Å². The van der Waals surface area contributed by atoms with Crippen molar-refractivity contribution in [3.05, 3.63) is 58.6 Å². The zero-order valence-corrected chi connectivity index (χ0v) is 16.4. The van der Waals surface area contributed by atoms with Gasteiger partial charge < -0.3 is 9.64 Å². The van der Waals surface area contributed by atoms with Crippen molar-refractivity contribution in [3.8, 4) is 5.75 Å². The molecular formula is C18H21ClN2O4S. The Morgan fingerprint density at radius 1 is 1.19 bits per heavy atom.